The van der Waals surface area contributed by atoms with Crippen LogP contribution in [0.1, 0.15) is 33.0 Å². The van der Waals surface area contributed by atoms with E-state index >= 15 is 0 Å². The standard InChI is InChI=1S/C14H23N3O3/c1-13(2,3)20-12(18)17-9-14(19,10-17)6-5-11-15-7-8-16(11)4/h7-8,19H,5-6,9-10H2,1-4H3. The van der Waals surface area contributed by atoms with Crippen LogP contribution in [-0.4, -0.2) is 49.9 Å². The zero-order chi connectivity index (χ0) is 15.0. The Balaban J connectivity index is 1.79. The summed E-state index contributed by atoms with van der Waals surface area (Å²) in [6, 6.07) is 0. The summed E-state index contributed by atoms with van der Waals surface area (Å²) in [5.74, 6) is 0.939. The Bertz CT molecular complexity index is 484. The molecule has 0 aromatic carbocycles. The lowest BCUT2D eigenvalue weighted by atomic mass is 9.89. The molecule has 1 aliphatic rings. The van der Waals surface area contributed by atoms with Gasteiger partial charge in [-0.2, -0.15) is 0 Å². The summed E-state index contributed by atoms with van der Waals surface area (Å²) < 4.78 is 7.20. The quantitative estimate of drug-likeness (QED) is 0.907. The first-order valence-corrected chi connectivity index (χ1v) is 6.85. The van der Waals surface area contributed by atoms with E-state index in [4.69, 9.17) is 4.74 Å². The van der Waals surface area contributed by atoms with Gasteiger partial charge >= 0.3 is 6.09 Å². The summed E-state index contributed by atoms with van der Waals surface area (Å²) in [5.41, 5.74) is -1.32. The van der Waals surface area contributed by atoms with E-state index in [9.17, 15) is 9.90 Å². The fraction of sp³-hybridized carbons (Fsp3) is 0.714. The Morgan fingerprint density at radius 1 is 1.50 bits per heavy atom. The van der Waals surface area contributed by atoms with Crippen LogP contribution in [0.3, 0.4) is 0 Å². The first-order valence-electron chi connectivity index (χ1n) is 6.85. The van der Waals surface area contributed by atoms with Crippen LogP contribution in [0.2, 0.25) is 0 Å². The van der Waals surface area contributed by atoms with E-state index < -0.39 is 11.2 Å². The van der Waals surface area contributed by atoms with Crippen molar-refractivity contribution in [1.29, 1.82) is 0 Å². The lowest BCUT2D eigenvalue weighted by molar-refractivity contribution is -0.102. The summed E-state index contributed by atoms with van der Waals surface area (Å²) >= 11 is 0. The van der Waals surface area contributed by atoms with Gasteiger partial charge in [-0.3, -0.25) is 0 Å². The van der Waals surface area contributed by atoms with E-state index in [1.165, 1.54) is 4.90 Å². The van der Waals surface area contributed by atoms with Crippen molar-refractivity contribution in [2.45, 2.75) is 44.8 Å². The minimum absolute atomic E-state index is 0.326. The third-order valence-electron chi connectivity index (χ3n) is 3.36. The lowest BCUT2D eigenvalue weighted by Crippen LogP contribution is -2.64. The maximum atomic E-state index is 11.8. The molecule has 2 rings (SSSR count). The minimum atomic E-state index is -0.817. The van der Waals surface area contributed by atoms with Crippen LogP contribution < -0.4 is 0 Å². The topological polar surface area (TPSA) is 67.6 Å². The van der Waals surface area contributed by atoms with Gasteiger partial charge in [0.25, 0.3) is 0 Å². The van der Waals surface area contributed by atoms with Gasteiger partial charge in [-0.15, -0.1) is 0 Å². The highest BCUT2D eigenvalue weighted by atomic mass is 16.6. The van der Waals surface area contributed by atoms with E-state index in [2.05, 4.69) is 4.98 Å². The number of imidazole rings is 1. The third kappa shape index (κ3) is 3.50. The highest BCUT2D eigenvalue weighted by Gasteiger charge is 2.44. The van der Waals surface area contributed by atoms with Crippen molar-refractivity contribution in [3.05, 3.63) is 18.2 Å². The van der Waals surface area contributed by atoms with Gasteiger partial charge in [-0.25, -0.2) is 9.78 Å². The molecular formula is C14H23N3O3. The molecule has 1 N–H and O–H groups in total. The molecule has 1 aromatic rings. The first-order chi connectivity index (χ1) is 9.19. The summed E-state index contributed by atoms with van der Waals surface area (Å²) in [4.78, 5) is 17.5. The molecule has 112 valence electrons. The maximum Gasteiger partial charge on any atom is 0.410 e. The molecule has 1 aromatic heterocycles. The number of hydrogen-bond donors (Lipinski definition) is 1. The molecule has 20 heavy (non-hydrogen) atoms. The molecule has 1 amide bonds. The molecule has 1 aliphatic heterocycles. The second-order valence-corrected chi connectivity index (χ2v) is 6.52. The smallest absolute Gasteiger partial charge is 0.410 e. The first kappa shape index (κ1) is 14.8. The molecule has 6 nitrogen and oxygen atoms in total. The van der Waals surface area contributed by atoms with E-state index in [-0.39, 0.29) is 6.09 Å². The second-order valence-electron chi connectivity index (χ2n) is 6.52. The number of ether oxygens (including phenoxy) is 1. The SMILES string of the molecule is Cn1ccnc1CCC1(O)CN(C(=O)OC(C)(C)C)C1. The second kappa shape index (κ2) is 5.09. The average molecular weight is 281 g/mol. The summed E-state index contributed by atoms with van der Waals surface area (Å²) in [5, 5.41) is 10.3. The predicted octanol–water partition coefficient (Wildman–Crippen LogP) is 1.33. The van der Waals surface area contributed by atoms with E-state index in [1.54, 1.807) is 6.20 Å². The van der Waals surface area contributed by atoms with Crippen molar-refractivity contribution in [2.75, 3.05) is 13.1 Å². The normalized spacial score (nSPS) is 17.8. The van der Waals surface area contributed by atoms with E-state index in [0.29, 0.717) is 25.9 Å². The summed E-state index contributed by atoms with van der Waals surface area (Å²) in [6.07, 6.45) is 4.55. The number of amides is 1. The van der Waals surface area contributed by atoms with Crippen LogP contribution in [0.25, 0.3) is 0 Å². The van der Waals surface area contributed by atoms with E-state index in [1.807, 2.05) is 38.6 Å². The van der Waals surface area contributed by atoms with Crippen LogP contribution >= 0.6 is 0 Å². The van der Waals surface area contributed by atoms with Gasteiger partial charge in [0.05, 0.1) is 13.1 Å². The van der Waals surface area contributed by atoms with Crippen LogP contribution in [0.15, 0.2) is 12.4 Å². The van der Waals surface area contributed by atoms with Crippen LogP contribution in [-0.2, 0) is 18.2 Å². The largest absolute Gasteiger partial charge is 0.444 e. The predicted molar refractivity (Wildman–Crippen MR) is 74.3 cm³/mol. The molecule has 0 saturated carbocycles. The Hall–Kier alpha value is -1.56. The number of likely N-dealkylation sites (tertiary alicyclic amines) is 1. The van der Waals surface area contributed by atoms with Crippen molar-refractivity contribution in [3.8, 4) is 0 Å². The van der Waals surface area contributed by atoms with Crippen molar-refractivity contribution in [1.82, 2.24) is 14.5 Å². The minimum Gasteiger partial charge on any atom is -0.444 e. The Kier molecular flexibility index (Phi) is 3.77. The number of carbonyl (C=O) groups is 1. The maximum absolute atomic E-state index is 11.8. The molecule has 0 bridgehead atoms. The van der Waals surface area contributed by atoms with Crippen LogP contribution in [0.5, 0.6) is 0 Å². The van der Waals surface area contributed by atoms with Gasteiger partial charge in [0.1, 0.15) is 17.0 Å². The number of β-amino-alcohol motifs (C(OH)–C–C–N with tert-alkyl or cyclic N) is 1. The average Bonchev–Trinajstić information content (AvgIpc) is 2.66. The van der Waals surface area contributed by atoms with Crippen LogP contribution in [0, 0.1) is 0 Å². The molecule has 1 saturated heterocycles. The van der Waals surface area contributed by atoms with Crippen molar-refractivity contribution < 1.29 is 14.6 Å². The number of aryl methyl sites for hydroxylation is 2. The zero-order valence-corrected chi connectivity index (χ0v) is 12.6. The zero-order valence-electron chi connectivity index (χ0n) is 12.6. The lowest BCUT2D eigenvalue weighted by Gasteiger charge is -2.46. The van der Waals surface area contributed by atoms with Crippen molar-refractivity contribution >= 4 is 6.09 Å². The van der Waals surface area contributed by atoms with Gasteiger partial charge in [-0.05, 0) is 27.2 Å². The number of aliphatic hydroxyl groups is 1. The Labute approximate surface area is 119 Å². The van der Waals surface area contributed by atoms with Gasteiger partial charge in [0.2, 0.25) is 0 Å². The molecule has 0 unspecified atom stereocenters. The fourth-order valence-electron chi connectivity index (χ4n) is 2.26. The van der Waals surface area contributed by atoms with Crippen molar-refractivity contribution in [3.63, 3.8) is 0 Å². The highest BCUT2D eigenvalue weighted by Crippen LogP contribution is 2.27. The Morgan fingerprint density at radius 3 is 2.65 bits per heavy atom. The van der Waals surface area contributed by atoms with Gasteiger partial charge in [0, 0.05) is 25.9 Å². The summed E-state index contributed by atoms with van der Waals surface area (Å²) in [6.45, 7) is 6.15. The van der Waals surface area contributed by atoms with Crippen molar-refractivity contribution in [2.24, 2.45) is 7.05 Å². The fourth-order valence-corrected chi connectivity index (χ4v) is 2.26. The molecule has 1 fully saturated rings. The number of hydrogen-bond acceptors (Lipinski definition) is 4. The molecule has 0 radical (unpaired) electrons. The molecular weight excluding hydrogens is 258 g/mol. The number of rotatable bonds is 3. The third-order valence-corrected chi connectivity index (χ3v) is 3.36. The van der Waals surface area contributed by atoms with Gasteiger partial charge in [0.15, 0.2) is 0 Å². The number of carbonyl (C=O) groups excluding carboxylic acids is 1. The van der Waals surface area contributed by atoms with Gasteiger partial charge in [-0.1, -0.05) is 0 Å². The molecule has 0 atom stereocenters. The molecule has 0 spiro atoms. The van der Waals surface area contributed by atoms with Gasteiger partial charge < -0.3 is 19.3 Å². The molecule has 2 heterocycles. The summed E-state index contributed by atoms with van der Waals surface area (Å²) in [7, 11) is 1.93. The number of aromatic nitrogens is 2. The monoisotopic (exact) mass is 281 g/mol. The Morgan fingerprint density at radius 2 is 2.15 bits per heavy atom. The highest BCUT2D eigenvalue weighted by molar-refractivity contribution is 5.69. The van der Waals surface area contributed by atoms with Crippen LogP contribution in [0.4, 0.5) is 4.79 Å². The molecule has 6 heteroatoms. The van der Waals surface area contributed by atoms with E-state index in [0.717, 1.165) is 5.82 Å². The molecule has 0 aliphatic carbocycles. The number of nitrogens with zero attached hydrogens (tertiary/aromatic N) is 3.